The number of carbonyl (C=O) groups is 1. The highest BCUT2D eigenvalue weighted by Gasteiger charge is 2.34. The molecule has 1 aliphatic heterocycles. The smallest absolute Gasteiger partial charge is 0.234 e. The predicted octanol–water partition coefficient (Wildman–Crippen LogP) is 3.16. The molecule has 0 saturated carbocycles. The summed E-state index contributed by atoms with van der Waals surface area (Å²) in [5.74, 6) is 0.742. The Balaban J connectivity index is 2.01. The number of rotatable bonds is 3. The van der Waals surface area contributed by atoms with Crippen molar-refractivity contribution in [3.63, 3.8) is 0 Å². The van der Waals surface area contributed by atoms with Gasteiger partial charge >= 0.3 is 0 Å². The maximum atomic E-state index is 12.3. The number of benzene rings is 1. The van der Waals surface area contributed by atoms with Crippen molar-refractivity contribution < 1.29 is 4.79 Å². The molecule has 0 fully saturated rings. The van der Waals surface area contributed by atoms with Crippen molar-refractivity contribution in [2.24, 2.45) is 0 Å². The number of nitrogens with zero attached hydrogens (tertiary/aromatic N) is 3. The fraction of sp³-hybridized carbons (Fsp3) is 0.235. The molecule has 4 nitrogen and oxygen atoms in total. The molecule has 0 unspecified atom stereocenters. The first-order valence-electron chi connectivity index (χ1n) is 7.06. The van der Waals surface area contributed by atoms with Crippen LogP contribution in [-0.4, -0.2) is 15.9 Å². The van der Waals surface area contributed by atoms with Crippen LogP contribution in [0.4, 0.5) is 5.82 Å². The monoisotopic (exact) mass is 279 g/mol. The van der Waals surface area contributed by atoms with Crippen LogP contribution in [0.25, 0.3) is 6.08 Å². The molecule has 2 aromatic rings. The van der Waals surface area contributed by atoms with Crippen LogP contribution in [-0.2, 0) is 11.2 Å². The lowest BCUT2D eigenvalue weighted by Crippen LogP contribution is -2.30. The molecule has 1 amide bonds. The largest absolute Gasteiger partial charge is 0.288 e. The van der Waals surface area contributed by atoms with Gasteiger partial charge in [0.25, 0.3) is 0 Å². The van der Waals surface area contributed by atoms with E-state index in [0.29, 0.717) is 12.2 Å². The highest BCUT2D eigenvalue weighted by atomic mass is 16.2. The number of allylic oxidation sites excluding steroid dienone is 1. The number of fused-ring (bicyclic) bond motifs is 1. The first-order valence-corrected chi connectivity index (χ1v) is 7.06. The van der Waals surface area contributed by atoms with Gasteiger partial charge in [-0.1, -0.05) is 36.4 Å². The van der Waals surface area contributed by atoms with Crippen molar-refractivity contribution in [2.45, 2.75) is 26.3 Å². The zero-order chi connectivity index (χ0) is 14.8. The highest BCUT2D eigenvalue weighted by molar-refractivity contribution is 6.00. The van der Waals surface area contributed by atoms with E-state index in [4.69, 9.17) is 0 Å². The zero-order valence-corrected chi connectivity index (χ0v) is 12.2. The van der Waals surface area contributed by atoms with Crippen LogP contribution in [0.1, 0.15) is 36.8 Å². The van der Waals surface area contributed by atoms with Crippen LogP contribution in [0.15, 0.2) is 42.6 Å². The van der Waals surface area contributed by atoms with E-state index in [9.17, 15) is 4.79 Å². The molecule has 106 valence electrons. The molecule has 1 aliphatic rings. The lowest BCUT2D eigenvalue weighted by atomic mass is 10.1. The summed E-state index contributed by atoms with van der Waals surface area (Å²) in [6, 6.07) is 9.94. The van der Waals surface area contributed by atoms with Gasteiger partial charge in [0.1, 0.15) is 0 Å². The van der Waals surface area contributed by atoms with E-state index >= 15 is 0 Å². The van der Waals surface area contributed by atoms with Gasteiger partial charge in [0.2, 0.25) is 5.91 Å². The van der Waals surface area contributed by atoms with E-state index in [1.165, 1.54) is 0 Å². The van der Waals surface area contributed by atoms with E-state index in [1.54, 1.807) is 11.1 Å². The summed E-state index contributed by atoms with van der Waals surface area (Å²) >= 11 is 0. The molecule has 1 atom stereocenters. The number of hydrogen-bond donors (Lipinski definition) is 0. The molecular weight excluding hydrogens is 262 g/mol. The summed E-state index contributed by atoms with van der Waals surface area (Å²) in [6.07, 6.45) is 5.85. The fourth-order valence-corrected chi connectivity index (χ4v) is 2.61. The van der Waals surface area contributed by atoms with Gasteiger partial charge in [0, 0.05) is 0 Å². The minimum absolute atomic E-state index is 0.0462. The van der Waals surface area contributed by atoms with Crippen LogP contribution in [0, 0.1) is 0 Å². The molecule has 0 saturated heterocycles. The molecule has 1 aromatic carbocycles. The zero-order valence-electron chi connectivity index (χ0n) is 12.2. The first kappa shape index (κ1) is 13.5. The second-order valence-corrected chi connectivity index (χ2v) is 5.09. The normalized spacial score (nSPS) is 15.5. The number of aromatic nitrogens is 2. The summed E-state index contributed by atoms with van der Waals surface area (Å²) in [5.41, 5.74) is 2.63. The molecule has 0 spiro atoms. The van der Waals surface area contributed by atoms with Gasteiger partial charge in [0.15, 0.2) is 5.82 Å². The Labute approximate surface area is 124 Å². The van der Waals surface area contributed by atoms with E-state index in [2.05, 4.69) is 9.97 Å². The Hall–Kier alpha value is -2.49. The van der Waals surface area contributed by atoms with Crippen LogP contribution < -0.4 is 4.90 Å². The van der Waals surface area contributed by atoms with Gasteiger partial charge < -0.3 is 0 Å². The topological polar surface area (TPSA) is 46.1 Å². The number of hydrogen-bond acceptors (Lipinski definition) is 3. The lowest BCUT2D eigenvalue weighted by molar-refractivity contribution is -0.117. The van der Waals surface area contributed by atoms with Crippen molar-refractivity contribution >= 4 is 17.8 Å². The van der Waals surface area contributed by atoms with Gasteiger partial charge in [-0.3, -0.25) is 14.7 Å². The molecule has 0 aliphatic carbocycles. The summed E-state index contributed by atoms with van der Waals surface area (Å²) < 4.78 is 0. The lowest BCUT2D eigenvalue weighted by Gasteiger charge is -2.24. The predicted molar refractivity (Wildman–Crippen MR) is 82.8 cm³/mol. The fourth-order valence-electron chi connectivity index (χ4n) is 2.61. The Kier molecular flexibility index (Phi) is 3.52. The molecule has 2 heterocycles. The SMILES string of the molecule is C/C=C/c1cnc2c(n1)N([C@@H](C)c1ccccc1)C(=O)C2. The highest BCUT2D eigenvalue weighted by Crippen LogP contribution is 2.33. The van der Waals surface area contributed by atoms with Gasteiger partial charge in [-0.25, -0.2) is 4.98 Å². The van der Waals surface area contributed by atoms with E-state index in [-0.39, 0.29) is 11.9 Å². The minimum Gasteiger partial charge on any atom is -0.288 e. The molecule has 0 radical (unpaired) electrons. The van der Waals surface area contributed by atoms with Gasteiger partial charge in [0.05, 0.1) is 30.0 Å². The minimum atomic E-state index is -0.0462. The molecule has 3 rings (SSSR count). The first-order chi connectivity index (χ1) is 10.2. The van der Waals surface area contributed by atoms with Crippen molar-refractivity contribution in [1.29, 1.82) is 0 Å². The standard InChI is InChI=1S/C17H17N3O/c1-3-7-14-11-18-15-10-16(21)20(17(15)19-14)12(2)13-8-5-4-6-9-13/h3-9,11-12H,10H2,1-2H3/b7-3+/t12-/m0/s1. The third-order valence-corrected chi connectivity index (χ3v) is 3.67. The molecule has 0 bridgehead atoms. The van der Waals surface area contributed by atoms with Gasteiger partial charge in [-0.15, -0.1) is 0 Å². The summed E-state index contributed by atoms with van der Waals surface area (Å²) in [6.45, 7) is 3.96. The Morgan fingerprint density at radius 2 is 2.05 bits per heavy atom. The van der Waals surface area contributed by atoms with Gasteiger partial charge in [-0.2, -0.15) is 0 Å². The summed E-state index contributed by atoms with van der Waals surface area (Å²) in [7, 11) is 0. The molecule has 0 N–H and O–H groups in total. The van der Waals surface area contributed by atoms with Crippen LogP contribution in [0.2, 0.25) is 0 Å². The van der Waals surface area contributed by atoms with Crippen molar-refractivity contribution in [1.82, 2.24) is 9.97 Å². The van der Waals surface area contributed by atoms with E-state index in [0.717, 1.165) is 17.0 Å². The van der Waals surface area contributed by atoms with Crippen molar-refractivity contribution in [2.75, 3.05) is 4.90 Å². The average molecular weight is 279 g/mol. The Bertz CT molecular complexity index is 694. The maximum Gasteiger partial charge on any atom is 0.234 e. The Morgan fingerprint density at radius 3 is 2.76 bits per heavy atom. The van der Waals surface area contributed by atoms with E-state index < -0.39 is 0 Å². The maximum absolute atomic E-state index is 12.3. The molecule has 4 heteroatoms. The van der Waals surface area contributed by atoms with Crippen LogP contribution in [0.5, 0.6) is 0 Å². The molecular formula is C17H17N3O. The molecule has 1 aromatic heterocycles. The van der Waals surface area contributed by atoms with Gasteiger partial charge in [-0.05, 0) is 25.5 Å². The average Bonchev–Trinajstić information content (AvgIpc) is 2.83. The quantitative estimate of drug-likeness (QED) is 0.867. The van der Waals surface area contributed by atoms with Crippen molar-refractivity contribution in [3.8, 4) is 0 Å². The second-order valence-electron chi connectivity index (χ2n) is 5.09. The van der Waals surface area contributed by atoms with E-state index in [1.807, 2.05) is 56.3 Å². The van der Waals surface area contributed by atoms with Crippen LogP contribution >= 0.6 is 0 Å². The number of anilines is 1. The summed E-state index contributed by atoms with van der Waals surface area (Å²) in [4.78, 5) is 23.1. The van der Waals surface area contributed by atoms with Crippen LogP contribution in [0.3, 0.4) is 0 Å². The Morgan fingerprint density at radius 1 is 1.29 bits per heavy atom. The number of carbonyl (C=O) groups excluding carboxylic acids is 1. The third kappa shape index (κ3) is 2.44. The van der Waals surface area contributed by atoms with Crippen molar-refractivity contribution in [3.05, 3.63) is 59.6 Å². The summed E-state index contributed by atoms with van der Waals surface area (Å²) in [5, 5.41) is 0. The third-order valence-electron chi connectivity index (χ3n) is 3.67. The number of amides is 1. The second kappa shape index (κ2) is 5.48. The molecule has 21 heavy (non-hydrogen) atoms.